The van der Waals surface area contributed by atoms with Crippen molar-refractivity contribution < 1.29 is 4.74 Å². The summed E-state index contributed by atoms with van der Waals surface area (Å²) in [7, 11) is 1.58. The highest BCUT2D eigenvalue weighted by Crippen LogP contribution is 2.16. The van der Waals surface area contributed by atoms with Crippen LogP contribution in [0.4, 0.5) is 5.82 Å². The SMILES string of the molecule is COc1cc[nH]c1N. The van der Waals surface area contributed by atoms with E-state index < -0.39 is 0 Å². The smallest absolute Gasteiger partial charge is 0.160 e. The van der Waals surface area contributed by atoms with Gasteiger partial charge in [0.1, 0.15) is 5.82 Å². The predicted molar refractivity (Wildman–Crippen MR) is 31.8 cm³/mol. The van der Waals surface area contributed by atoms with Crippen LogP contribution in [-0.2, 0) is 0 Å². The Morgan fingerprint density at radius 1 is 1.75 bits per heavy atom. The molecule has 0 atom stereocenters. The van der Waals surface area contributed by atoms with Crippen LogP contribution in [0.15, 0.2) is 12.3 Å². The second-order valence-electron chi connectivity index (χ2n) is 1.46. The standard InChI is InChI=1S/C5H8N2O/c1-8-4-2-3-7-5(4)6/h2-3,7H,6H2,1H3. The molecule has 0 bridgehead atoms. The zero-order valence-electron chi connectivity index (χ0n) is 4.64. The molecule has 1 aromatic rings. The van der Waals surface area contributed by atoms with E-state index >= 15 is 0 Å². The minimum Gasteiger partial charge on any atom is -0.493 e. The van der Waals surface area contributed by atoms with E-state index in [2.05, 4.69) is 4.98 Å². The Hall–Kier alpha value is -1.12. The molecule has 0 aliphatic heterocycles. The Morgan fingerprint density at radius 3 is 2.75 bits per heavy atom. The summed E-state index contributed by atoms with van der Waals surface area (Å²) in [5, 5.41) is 0. The van der Waals surface area contributed by atoms with Gasteiger partial charge in [-0.25, -0.2) is 0 Å². The molecular formula is C5H8N2O. The normalized spacial score (nSPS) is 9.12. The van der Waals surface area contributed by atoms with E-state index in [-0.39, 0.29) is 0 Å². The van der Waals surface area contributed by atoms with Gasteiger partial charge in [-0.1, -0.05) is 0 Å². The van der Waals surface area contributed by atoms with Gasteiger partial charge in [-0.3, -0.25) is 0 Å². The van der Waals surface area contributed by atoms with Crippen LogP contribution in [0.3, 0.4) is 0 Å². The number of nitrogens with one attached hydrogen (secondary N) is 1. The molecule has 1 aromatic heterocycles. The van der Waals surface area contributed by atoms with Gasteiger partial charge in [0.05, 0.1) is 7.11 Å². The lowest BCUT2D eigenvalue weighted by Gasteiger charge is -1.92. The molecule has 0 unspecified atom stereocenters. The Bertz CT molecular complexity index is 171. The van der Waals surface area contributed by atoms with E-state index in [1.807, 2.05) is 0 Å². The number of aromatic amines is 1. The van der Waals surface area contributed by atoms with Crippen LogP contribution in [0.1, 0.15) is 0 Å². The number of rotatable bonds is 1. The number of methoxy groups -OCH3 is 1. The Labute approximate surface area is 47.5 Å². The number of hydrogen-bond acceptors (Lipinski definition) is 2. The molecule has 8 heavy (non-hydrogen) atoms. The summed E-state index contributed by atoms with van der Waals surface area (Å²) in [5.74, 6) is 1.28. The van der Waals surface area contributed by atoms with Crippen LogP contribution >= 0.6 is 0 Å². The van der Waals surface area contributed by atoms with Crippen molar-refractivity contribution in [2.75, 3.05) is 12.8 Å². The van der Waals surface area contributed by atoms with Crippen molar-refractivity contribution in [3.63, 3.8) is 0 Å². The first kappa shape index (κ1) is 5.03. The average Bonchev–Trinajstić information content (AvgIpc) is 2.14. The van der Waals surface area contributed by atoms with Crippen molar-refractivity contribution in [1.29, 1.82) is 0 Å². The Balaban J connectivity index is 2.92. The van der Waals surface area contributed by atoms with Crippen LogP contribution in [0.2, 0.25) is 0 Å². The number of H-pyrrole nitrogens is 1. The maximum atomic E-state index is 5.37. The van der Waals surface area contributed by atoms with Crippen LogP contribution in [0.25, 0.3) is 0 Å². The van der Waals surface area contributed by atoms with E-state index in [9.17, 15) is 0 Å². The largest absolute Gasteiger partial charge is 0.493 e. The number of aromatic nitrogens is 1. The fourth-order valence-corrected chi connectivity index (χ4v) is 0.546. The number of nitrogens with two attached hydrogens (primary N) is 1. The first-order chi connectivity index (χ1) is 3.84. The number of hydrogen-bond donors (Lipinski definition) is 2. The zero-order valence-corrected chi connectivity index (χ0v) is 4.64. The van der Waals surface area contributed by atoms with Crippen molar-refractivity contribution in [2.45, 2.75) is 0 Å². The molecule has 0 aliphatic carbocycles. The maximum Gasteiger partial charge on any atom is 0.160 e. The molecule has 0 saturated carbocycles. The minimum atomic E-state index is 0.576. The second-order valence-corrected chi connectivity index (χ2v) is 1.46. The summed E-state index contributed by atoms with van der Waals surface area (Å²) in [4.78, 5) is 2.77. The van der Waals surface area contributed by atoms with E-state index in [0.29, 0.717) is 11.6 Å². The molecule has 0 saturated heterocycles. The van der Waals surface area contributed by atoms with E-state index in [1.165, 1.54) is 0 Å². The van der Waals surface area contributed by atoms with E-state index in [4.69, 9.17) is 10.5 Å². The summed E-state index contributed by atoms with van der Waals surface area (Å²) in [6.45, 7) is 0. The van der Waals surface area contributed by atoms with Gasteiger partial charge in [-0.15, -0.1) is 0 Å². The predicted octanol–water partition coefficient (Wildman–Crippen LogP) is 0.605. The van der Waals surface area contributed by atoms with Gasteiger partial charge in [0.15, 0.2) is 5.75 Å². The summed E-state index contributed by atoms with van der Waals surface area (Å²) in [6.07, 6.45) is 1.73. The number of nitrogen functional groups attached to an aromatic ring is 1. The fourth-order valence-electron chi connectivity index (χ4n) is 0.546. The molecule has 3 N–H and O–H groups in total. The highest BCUT2D eigenvalue weighted by Gasteiger charge is 1.94. The lowest BCUT2D eigenvalue weighted by Crippen LogP contribution is -1.88. The molecular weight excluding hydrogens is 104 g/mol. The molecule has 0 aromatic carbocycles. The average molecular weight is 112 g/mol. The van der Waals surface area contributed by atoms with Crippen LogP contribution < -0.4 is 10.5 Å². The minimum absolute atomic E-state index is 0.576. The fraction of sp³-hybridized carbons (Fsp3) is 0.200. The summed E-state index contributed by atoms with van der Waals surface area (Å²) in [5.41, 5.74) is 5.37. The highest BCUT2D eigenvalue weighted by atomic mass is 16.5. The first-order valence-electron chi connectivity index (χ1n) is 2.31. The van der Waals surface area contributed by atoms with Crippen LogP contribution in [-0.4, -0.2) is 12.1 Å². The molecule has 0 spiro atoms. The van der Waals surface area contributed by atoms with Gasteiger partial charge in [0, 0.05) is 6.20 Å². The second kappa shape index (κ2) is 1.78. The van der Waals surface area contributed by atoms with Gasteiger partial charge in [-0.05, 0) is 6.07 Å². The van der Waals surface area contributed by atoms with E-state index in [1.54, 1.807) is 19.4 Å². The molecule has 0 aliphatic rings. The van der Waals surface area contributed by atoms with Crippen molar-refractivity contribution >= 4 is 5.82 Å². The lowest BCUT2D eigenvalue weighted by atomic mass is 10.6. The van der Waals surface area contributed by atoms with Crippen LogP contribution in [0, 0.1) is 0 Å². The molecule has 0 amide bonds. The summed E-state index contributed by atoms with van der Waals surface area (Å²) >= 11 is 0. The van der Waals surface area contributed by atoms with Gasteiger partial charge in [-0.2, -0.15) is 0 Å². The first-order valence-corrected chi connectivity index (χ1v) is 2.31. The number of anilines is 1. The topological polar surface area (TPSA) is 51.0 Å². The quantitative estimate of drug-likeness (QED) is 0.559. The molecule has 44 valence electrons. The van der Waals surface area contributed by atoms with E-state index in [0.717, 1.165) is 0 Å². The lowest BCUT2D eigenvalue weighted by molar-refractivity contribution is 0.417. The molecule has 1 rings (SSSR count). The molecule has 0 radical (unpaired) electrons. The van der Waals surface area contributed by atoms with Crippen molar-refractivity contribution in [1.82, 2.24) is 4.98 Å². The summed E-state index contributed by atoms with van der Waals surface area (Å²) < 4.78 is 4.83. The Morgan fingerprint density at radius 2 is 2.50 bits per heavy atom. The Kier molecular flexibility index (Phi) is 1.12. The summed E-state index contributed by atoms with van der Waals surface area (Å²) in [6, 6.07) is 1.77. The van der Waals surface area contributed by atoms with Crippen molar-refractivity contribution in [3.05, 3.63) is 12.3 Å². The maximum absolute atomic E-state index is 5.37. The monoisotopic (exact) mass is 112 g/mol. The molecule has 0 fully saturated rings. The third kappa shape index (κ3) is 0.621. The number of ether oxygens (including phenoxy) is 1. The van der Waals surface area contributed by atoms with Gasteiger partial charge < -0.3 is 15.5 Å². The third-order valence-corrected chi connectivity index (χ3v) is 0.959. The molecule has 3 nitrogen and oxygen atoms in total. The van der Waals surface area contributed by atoms with Crippen LogP contribution in [0.5, 0.6) is 5.75 Å². The van der Waals surface area contributed by atoms with Crippen molar-refractivity contribution in [2.24, 2.45) is 0 Å². The van der Waals surface area contributed by atoms with Gasteiger partial charge >= 0.3 is 0 Å². The zero-order chi connectivity index (χ0) is 5.98. The molecule has 1 heterocycles. The molecule has 3 heteroatoms. The van der Waals surface area contributed by atoms with Gasteiger partial charge in [0.25, 0.3) is 0 Å². The van der Waals surface area contributed by atoms with Gasteiger partial charge in [0.2, 0.25) is 0 Å². The third-order valence-electron chi connectivity index (χ3n) is 0.959. The van der Waals surface area contributed by atoms with Crippen molar-refractivity contribution in [3.8, 4) is 5.75 Å². The highest BCUT2D eigenvalue weighted by molar-refractivity contribution is 5.45.